The van der Waals surface area contributed by atoms with E-state index >= 15 is 0 Å². The Hall–Kier alpha value is -0.620. The van der Waals surface area contributed by atoms with Gasteiger partial charge >= 0.3 is 0 Å². The van der Waals surface area contributed by atoms with Gasteiger partial charge in [0.05, 0.1) is 4.90 Å². The first-order valence-corrected chi connectivity index (χ1v) is 8.19. The number of benzene rings is 1. The molecule has 20 heavy (non-hydrogen) atoms. The van der Waals surface area contributed by atoms with Gasteiger partial charge < -0.3 is 5.32 Å². The molecule has 1 heterocycles. The number of sulfonamides is 1. The molecular weight excluding hydrogens is 296 g/mol. The van der Waals surface area contributed by atoms with E-state index in [9.17, 15) is 8.42 Å². The van der Waals surface area contributed by atoms with Gasteiger partial charge in [-0.15, -0.1) is 12.4 Å². The van der Waals surface area contributed by atoms with Crippen LogP contribution in [0.5, 0.6) is 0 Å². The molecule has 1 aromatic rings. The summed E-state index contributed by atoms with van der Waals surface area (Å²) < 4.78 is 26.8. The third kappa shape index (κ3) is 3.73. The second kappa shape index (κ2) is 6.89. The standard InChI is InChI=1S/C14H22N2O2S.ClH/c1-11(2)13-5-4-6-14(9-13)19(17,18)16-8-7-15-12(3)10-16;/h4-6,9,11-12,15H,7-8,10H2,1-3H3;1H. The van der Waals surface area contributed by atoms with Crippen molar-refractivity contribution in [2.45, 2.75) is 37.6 Å². The molecule has 4 nitrogen and oxygen atoms in total. The molecule has 1 unspecified atom stereocenters. The van der Waals surface area contributed by atoms with E-state index in [1.165, 1.54) is 0 Å². The van der Waals surface area contributed by atoms with Crippen molar-refractivity contribution in [3.05, 3.63) is 29.8 Å². The van der Waals surface area contributed by atoms with Crippen LogP contribution in [0.1, 0.15) is 32.3 Å². The van der Waals surface area contributed by atoms with E-state index < -0.39 is 10.0 Å². The van der Waals surface area contributed by atoms with Crippen LogP contribution in [0.4, 0.5) is 0 Å². The van der Waals surface area contributed by atoms with Gasteiger partial charge in [-0.25, -0.2) is 8.42 Å². The Morgan fingerprint density at radius 2 is 2.05 bits per heavy atom. The van der Waals surface area contributed by atoms with Crippen LogP contribution in [-0.2, 0) is 10.0 Å². The maximum absolute atomic E-state index is 12.6. The Labute approximate surface area is 128 Å². The average Bonchev–Trinajstić information content (AvgIpc) is 2.39. The van der Waals surface area contributed by atoms with Crippen molar-refractivity contribution in [3.8, 4) is 0 Å². The topological polar surface area (TPSA) is 49.4 Å². The van der Waals surface area contributed by atoms with Crippen LogP contribution in [0.15, 0.2) is 29.2 Å². The summed E-state index contributed by atoms with van der Waals surface area (Å²) >= 11 is 0. The highest BCUT2D eigenvalue weighted by Crippen LogP contribution is 2.22. The Morgan fingerprint density at radius 1 is 1.35 bits per heavy atom. The van der Waals surface area contributed by atoms with Crippen LogP contribution in [0.3, 0.4) is 0 Å². The zero-order valence-corrected chi connectivity index (χ0v) is 13.8. The first-order chi connectivity index (χ1) is 8.91. The van der Waals surface area contributed by atoms with E-state index in [-0.39, 0.29) is 18.4 Å². The molecule has 0 bridgehead atoms. The average molecular weight is 319 g/mol. The molecule has 0 saturated carbocycles. The zero-order chi connectivity index (χ0) is 14.0. The van der Waals surface area contributed by atoms with Crippen molar-refractivity contribution in [2.75, 3.05) is 19.6 Å². The summed E-state index contributed by atoms with van der Waals surface area (Å²) in [4.78, 5) is 0.410. The van der Waals surface area contributed by atoms with Crippen LogP contribution in [0.25, 0.3) is 0 Å². The van der Waals surface area contributed by atoms with Crippen molar-refractivity contribution in [1.82, 2.24) is 9.62 Å². The molecule has 0 spiro atoms. The second-order valence-electron chi connectivity index (χ2n) is 5.45. The first kappa shape index (κ1) is 17.4. The fourth-order valence-corrected chi connectivity index (χ4v) is 3.88. The second-order valence-corrected chi connectivity index (χ2v) is 7.38. The molecule has 1 fully saturated rings. The van der Waals surface area contributed by atoms with Crippen molar-refractivity contribution >= 4 is 22.4 Å². The van der Waals surface area contributed by atoms with Crippen molar-refractivity contribution in [1.29, 1.82) is 0 Å². The fourth-order valence-electron chi connectivity index (χ4n) is 2.30. The van der Waals surface area contributed by atoms with E-state index in [4.69, 9.17) is 0 Å². The quantitative estimate of drug-likeness (QED) is 0.929. The van der Waals surface area contributed by atoms with Gasteiger partial charge in [-0.1, -0.05) is 26.0 Å². The monoisotopic (exact) mass is 318 g/mol. The summed E-state index contributed by atoms with van der Waals surface area (Å²) in [5.74, 6) is 0.331. The Bertz CT molecular complexity index is 546. The van der Waals surface area contributed by atoms with Crippen LogP contribution in [-0.4, -0.2) is 38.4 Å². The SMILES string of the molecule is CC1CN(S(=O)(=O)c2cccc(C(C)C)c2)CCN1.Cl. The molecule has 1 saturated heterocycles. The lowest BCUT2D eigenvalue weighted by atomic mass is 10.0. The van der Waals surface area contributed by atoms with Crippen LogP contribution in [0, 0.1) is 0 Å². The number of rotatable bonds is 3. The summed E-state index contributed by atoms with van der Waals surface area (Å²) in [6.07, 6.45) is 0. The third-order valence-electron chi connectivity index (χ3n) is 3.49. The molecule has 1 atom stereocenters. The maximum atomic E-state index is 12.6. The first-order valence-electron chi connectivity index (χ1n) is 6.75. The lowest BCUT2D eigenvalue weighted by molar-refractivity contribution is 0.310. The minimum Gasteiger partial charge on any atom is -0.312 e. The van der Waals surface area contributed by atoms with Gasteiger partial charge in [0.15, 0.2) is 0 Å². The van der Waals surface area contributed by atoms with Gasteiger partial charge in [0.2, 0.25) is 10.0 Å². The molecule has 1 N–H and O–H groups in total. The van der Waals surface area contributed by atoms with Crippen molar-refractivity contribution in [2.24, 2.45) is 0 Å². The van der Waals surface area contributed by atoms with E-state index in [0.717, 1.165) is 5.56 Å². The van der Waals surface area contributed by atoms with Gasteiger partial charge in [0, 0.05) is 25.7 Å². The van der Waals surface area contributed by atoms with Gasteiger partial charge in [-0.3, -0.25) is 0 Å². The van der Waals surface area contributed by atoms with Crippen LogP contribution >= 0.6 is 12.4 Å². The Balaban J connectivity index is 0.00000200. The summed E-state index contributed by atoms with van der Waals surface area (Å²) in [6, 6.07) is 7.50. The molecule has 6 heteroatoms. The molecule has 114 valence electrons. The molecule has 0 radical (unpaired) electrons. The Morgan fingerprint density at radius 3 is 2.65 bits per heavy atom. The number of nitrogens with one attached hydrogen (secondary N) is 1. The lowest BCUT2D eigenvalue weighted by Gasteiger charge is -2.31. The van der Waals surface area contributed by atoms with Crippen molar-refractivity contribution in [3.63, 3.8) is 0 Å². The van der Waals surface area contributed by atoms with Gasteiger partial charge in [0.1, 0.15) is 0 Å². The molecule has 1 aliphatic rings. The zero-order valence-electron chi connectivity index (χ0n) is 12.2. The van der Waals surface area contributed by atoms with Crippen LogP contribution < -0.4 is 5.32 Å². The highest BCUT2D eigenvalue weighted by atomic mass is 35.5. The highest BCUT2D eigenvalue weighted by Gasteiger charge is 2.28. The molecule has 0 aliphatic carbocycles. The minimum absolute atomic E-state index is 0. The largest absolute Gasteiger partial charge is 0.312 e. The van der Waals surface area contributed by atoms with Gasteiger partial charge in [0.25, 0.3) is 0 Å². The summed E-state index contributed by atoms with van der Waals surface area (Å²) in [7, 11) is -3.36. The summed E-state index contributed by atoms with van der Waals surface area (Å²) in [5, 5.41) is 3.26. The number of nitrogens with zero attached hydrogens (tertiary/aromatic N) is 1. The number of hydrogen-bond acceptors (Lipinski definition) is 3. The molecule has 0 amide bonds. The smallest absolute Gasteiger partial charge is 0.243 e. The Kier molecular flexibility index (Phi) is 6.01. The minimum atomic E-state index is -3.36. The van der Waals surface area contributed by atoms with E-state index in [2.05, 4.69) is 19.2 Å². The lowest BCUT2D eigenvalue weighted by Crippen LogP contribution is -2.51. The third-order valence-corrected chi connectivity index (χ3v) is 5.36. The molecule has 1 aromatic carbocycles. The number of piperazine rings is 1. The normalized spacial score (nSPS) is 20.7. The summed E-state index contributed by atoms with van der Waals surface area (Å²) in [5.41, 5.74) is 1.06. The molecule has 0 aromatic heterocycles. The predicted octanol–water partition coefficient (Wildman–Crippen LogP) is 2.21. The van der Waals surface area contributed by atoms with E-state index in [1.807, 2.05) is 19.1 Å². The molecule has 2 rings (SSSR count). The van der Waals surface area contributed by atoms with Gasteiger partial charge in [-0.2, -0.15) is 4.31 Å². The molecular formula is C14H23ClN2O2S. The maximum Gasteiger partial charge on any atom is 0.243 e. The number of halogens is 1. The fraction of sp³-hybridized carbons (Fsp3) is 0.571. The predicted molar refractivity (Wildman–Crippen MR) is 84.0 cm³/mol. The van der Waals surface area contributed by atoms with Crippen LogP contribution in [0.2, 0.25) is 0 Å². The van der Waals surface area contributed by atoms with E-state index in [1.54, 1.807) is 16.4 Å². The summed E-state index contributed by atoms with van der Waals surface area (Å²) in [6.45, 7) is 7.93. The highest BCUT2D eigenvalue weighted by molar-refractivity contribution is 7.89. The van der Waals surface area contributed by atoms with Gasteiger partial charge in [-0.05, 0) is 30.5 Å². The van der Waals surface area contributed by atoms with E-state index in [0.29, 0.717) is 30.4 Å². The number of hydrogen-bond donors (Lipinski definition) is 1. The molecule has 1 aliphatic heterocycles. The van der Waals surface area contributed by atoms with Crippen molar-refractivity contribution < 1.29 is 8.42 Å².